The van der Waals surface area contributed by atoms with Crippen molar-refractivity contribution in [1.29, 1.82) is 0 Å². The monoisotopic (exact) mass is 355 g/mol. The van der Waals surface area contributed by atoms with Gasteiger partial charge in [0.05, 0.1) is 13.7 Å². The first kappa shape index (κ1) is 19.8. The third kappa shape index (κ3) is 5.51. The van der Waals surface area contributed by atoms with Crippen LogP contribution in [-0.2, 0) is 6.54 Å². The minimum atomic E-state index is -0.0810. The average Bonchev–Trinajstić information content (AvgIpc) is 2.66. The number of amides is 1. The van der Waals surface area contributed by atoms with E-state index < -0.39 is 0 Å². The van der Waals surface area contributed by atoms with E-state index in [-0.39, 0.29) is 5.91 Å². The molecule has 1 N–H and O–H groups in total. The quantitative estimate of drug-likeness (QED) is 0.649. The number of ether oxygens (including phenoxy) is 2. The van der Waals surface area contributed by atoms with Crippen LogP contribution >= 0.6 is 0 Å². The Bertz CT molecular complexity index is 708. The number of carbonyl (C=O) groups excluding carboxylic acids is 1. The van der Waals surface area contributed by atoms with E-state index in [0.717, 1.165) is 24.2 Å². The Balaban J connectivity index is 1.96. The summed E-state index contributed by atoms with van der Waals surface area (Å²) in [5, 5.41) is 2.95. The van der Waals surface area contributed by atoms with E-state index in [1.54, 1.807) is 7.11 Å². The molecule has 0 bridgehead atoms. The van der Waals surface area contributed by atoms with E-state index in [9.17, 15) is 4.79 Å². The largest absolute Gasteiger partial charge is 0.493 e. The first-order valence-electron chi connectivity index (χ1n) is 9.23. The van der Waals surface area contributed by atoms with Gasteiger partial charge in [0, 0.05) is 12.1 Å². The van der Waals surface area contributed by atoms with Crippen molar-refractivity contribution in [2.45, 2.75) is 46.1 Å². The molecule has 0 saturated heterocycles. The van der Waals surface area contributed by atoms with Crippen LogP contribution in [0.5, 0.6) is 11.5 Å². The maximum atomic E-state index is 12.3. The summed E-state index contributed by atoms with van der Waals surface area (Å²) in [4.78, 5) is 12.3. The molecule has 0 saturated carbocycles. The lowest BCUT2D eigenvalue weighted by Crippen LogP contribution is -2.22. The number of hydrogen-bond donors (Lipinski definition) is 1. The molecule has 0 fully saturated rings. The van der Waals surface area contributed by atoms with E-state index in [2.05, 4.69) is 26.1 Å². The van der Waals surface area contributed by atoms with Gasteiger partial charge in [-0.25, -0.2) is 0 Å². The Morgan fingerprint density at radius 1 is 1.08 bits per heavy atom. The number of nitrogens with one attached hydrogen (secondary N) is 1. The van der Waals surface area contributed by atoms with Crippen molar-refractivity contribution in [1.82, 2.24) is 5.32 Å². The third-order valence-corrected chi connectivity index (χ3v) is 4.28. The molecule has 0 spiro atoms. The number of carbonyl (C=O) groups is 1. The Morgan fingerprint density at radius 2 is 1.81 bits per heavy atom. The normalized spacial score (nSPS) is 10.7. The van der Waals surface area contributed by atoms with Crippen LogP contribution in [0.4, 0.5) is 0 Å². The van der Waals surface area contributed by atoms with Crippen molar-refractivity contribution in [2.75, 3.05) is 13.7 Å². The lowest BCUT2D eigenvalue weighted by Gasteiger charge is -2.13. The van der Waals surface area contributed by atoms with E-state index in [1.165, 1.54) is 5.56 Å². The van der Waals surface area contributed by atoms with Gasteiger partial charge in [-0.1, -0.05) is 45.4 Å². The zero-order valence-electron chi connectivity index (χ0n) is 16.2. The van der Waals surface area contributed by atoms with Crippen LogP contribution in [0.1, 0.15) is 61.0 Å². The minimum Gasteiger partial charge on any atom is -0.493 e. The number of hydrogen-bond acceptors (Lipinski definition) is 3. The van der Waals surface area contributed by atoms with Crippen LogP contribution < -0.4 is 14.8 Å². The van der Waals surface area contributed by atoms with Crippen LogP contribution in [-0.4, -0.2) is 19.6 Å². The molecule has 4 nitrogen and oxygen atoms in total. The lowest BCUT2D eigenvalue weighted by atomic mass is 10.0. The topological polar surface area (TPSA) is 47.6 Å². The van der Waals surface area contributed by atoms with Gasteiger partial charge < -0.3 is 14.8 Å². The maximum Gasteiger partial charge on any atom is 0.251 e. The fourth-order valence-corrected chi connectivity index (χ4v) is 2.57. The van der Waals surface area contributed by atoms with Gasteiger partial charge in [-0.2, -0.15) is 0 Å². The van der Waals surface area contributed by atoms with Crippen LogP contribution in [0.3, 0.4) is 0 Å². The summed E-state index contributed by atoms with van der Waals surface area (Å²) in [6, 6.07) is 13.5. The molecule has 0 unspecified atom stereocenters. The molecule has 0 aliphatic heterocycles. The van der Waals surface area contributed by atoms with Gasteiger partial charge in [0.2, 0.25) is 0 Å². The summed E-state index contributed by atoms with van der Waals surface area (Å²) in [6.07, 6.45) is 2.10. The second-order valence-electron chi connectivity index (χ2n) is 6.65. The highest BCUT2D eigenvalue weighted by Gasteiger charge is 2.09. The van der Waals surface area contributed by atoms with Gasteiger partial charge in [0.15, 0.2) is 11.5 Å². The number of methoxy groups -OCH3 is 1. The maximum absolute atomic E-state index is 12.3. The van der Waals surface area contributed by atoms with E-state index in [1.807, 2.05) is 42.5 Å². The van der Waals surface area contributed by atoms with E-state index in [4.69, 9.17) is 9.47 Å². The molecular formula is C22H29NO3. The van der Waals surface area contributed by atoms with Gasteiger partial charge in [0.1, 0.15) is 0 Å². The molecule has 0 radical (unpaired) electrons. The Hall–Kier alpha value is -2.49. The predicted octanol–water partition coefficient (Wildman–Crippen LogP) is 4.93. The first-order chi connectivity index (χ1) is 12.5. The third-order valence-electron chi connectivity index (χ3n) is 4.28. The molecule has 0 atom stereocenters. The molecule has 0 aliphatic rings. The Morgan fingerprint density at radius 3 is 2.42 bits per heavy atom. The molecule has 0 aliphatic carbocycles. The van der Waals surface area contributed by atoms with Crippen molar-refractivity contribution < 1.29 is 14.3 Å². The molecule has 2 rings (SSSR count). The second kappa shape index (κ2) is 9.85. The van der Waals surface area contributed by atoms with Crippen LogP contribution in [0.15, 0.2) is 42.5 Å². The molecule has 2 aromatic carbocycles. The number of rotatable bonds is 9. The average molecular weight is 355 g/mol. The molecule has 140 valence electrons. The first-order valence-corrected chi connectivity index (χ1v) is 9.23. The molecule has 2 aromatic rings. The SMILES string of the molecule is CCCCOc1ccc(CNC(=O)c2ccc(C(C)C)cc2)cc1OC. The van der Waals surface area contributed by atoms with Gasteiger partial charge in [0.25, 0.3) is 5.91 Å². The summed E-state index contributed by atoms with van der Waals surface area (Å²) in [5.41, 5.74) is 2.86. The molecule has 4 heteroatoms. The van der Waals surface area contributed by atoms with Crippen molar-refractivity contribution in [3.63, 3.8) is 0 Å². The lowest BCUT2D eigenvalue weighted by molar-refractivity contribution is 0.0951. The molecule has 1 amide bonds. The van der Waals surface area contributed by atoms with Crippen LogP contribution in [0.2, 0.25) is 0 Å². The zero-order valence-corrected chi connectivity index (χ0v) is 16.2. The summed E-state index contributed by atoms with van der Waals surface area (Å²) in [5.74, 6) is 1.80. The highest BCUT2D eigenvalue weighted by Crippen LogP contribution is 2.28. The van der Waals surface area contributed by atoms with Gasteiger partial charge in [-0.3, -0.25) is 4.79 Å². The van der Waals surface area contributed by atoms with E-state index in [0.29, 0.717) is 30.4 Å². The van der Waals surface area contributed by atoms with Crippen LogP contribution in [0.25, 0.3) is 0 Å². The van der Waals surface area contributed by atoms with Gasteiger partial charge >= 0.3 is 0 Å². The fourth-order valence-electron chi connectivity index (χ4n) is 2.57. The molecular weight excluding hydrogens is 326 g/mol. The molecule has 0 heterocycles. The fraction of sp³-hybridized carbons (Fsp3) is 0.409. The summed E-state index contributed by atoms with van der Waals surface area (Å²) >= 11 is 0. The number of unbranched alkanes of at least 4 members (excludes halogenated alkanes) is 1. The van der Waals surface area contributed by atoms with E-state index >= 15 is 0 Å². The van der Waals surface area contributed by atoms with Crippen LogP contribution in [0, 0.1) is 0 Å². The number of benzene rings is 2. The van der Waals surface area contributed by atoms with Gasteiger partial charge in [-0.15, -0.1) is 0 Å². The predicted molar refractivity (Wildman–Crippen MR) is 105 cm³/mol. The van der Waals surface area contributed by atoms with Crippen molar-refractivity contribution in [2.24, 2.45) is 0 Å². The second-order valence-corrected chi connectivity index (χ2v) is 6.65. The highest BCUT2D eigenvalue weighted by atomic mass is 16.5. The Kier molecular flexibility index (Phi) is 7.52. The minimum absolute atomic E-state index is 0.0810. The Labute approximate surface area is 156 Å². The molecule has 0 aromatic heterocycles. The summed E-state index contributed by atoms with van der Waals surface area (Å²) < 4.78 is 11.1. The van der Waals surface area contributed by atoms with Crippen molar-refractivity contribution in [3.05, 3.63) is 59.2 Å². The summed E-state index contributed by atoms with van der Waals surface area (Å²) in [6.45, 7) is 7.52. The zero-order chi connectivity index (χ0) is 18.9. The smallest absolute Gasteiger partial charge is 0.251 e. The van der Waals surface area contributed by atoms with Crippen molar-refractivity contribution in [3.8, 4) is 11.5 Å². The highest BCUT2D eigenvalue weighted by molar-refractivity contribution is 5.94. The molecule has 26 heavy (non-hydrogen) atoms. The van der Waals surface area contributed by atoms with Crippen molar-refractivity contribution >= 4 is 5.91 Å². The van der Waals surface area contributed by atoms with Gasteiger partial charge in [-0.05, 0) is 47.7 Å². The summed E-state index contributed by atoms with van der Waals surface area (Å²) in [7, 11) is 1.63. The standard InChI is InChI=1S/C22H29NO3/c1-5-6-13-26-20-12-7-17(14-21(20)25-4)15-23-22(24)19-10-8-18(9-11-19)16(2)3/h7-12,14,16H,5-6,13,15H2,1-4H3,(H,23,24).